The average Bonchev–Trinajstić information content (AvgIpc) is 2.74. The molecule has 33 heavy (non-hydrogen) atoms. The monoisotopic (exact) mass is 500 g/mol. The number of aliphatic hydroxyl groups is 3. The van der Waals surface area contributed by atoms with Crippen molar-refractivity contribution < 1.29 is 56.8 Å². The first-order chi connectivity index (χ1) is 15.5. The lowest BCUT2D eigenvalue weighted by atomic mass is 10.00. The molecule has 0 aliphatic carbocycles. The molecule has 1 aliphatic heterocycles. The van der Waals surface area contributed by atoms with Gasteiger partial charge in [0.2, 0.25) is 0 Å². The van der Waals surface area contributed by atoms with Gasteiger partial charge in [-0.25, -0.2) is 0 Å². The van der Waals surface area contributed by atoms with Crippen LogP contribution >= 0.6 is 0 Å². The van der Waals surface area contributed by atoms with Gasteiger partial charge < -0.3 is 34.3 Å². The molecular formula is C20H36O12S. The molecule has 0 radical (unpaired) electrons. The molecule has 0 bridgehead atoms. The van der Waals surface area contributed by atoms with Gasteiger partial charge in [0.15, 0.2) is 12.4 Å². The van der Waals surface area contributed by atoms with E-state index >= 15 is 0 Å². The predicted molar refractivity (Wildman–Crippen MR) is 114 cm³/mol. The van der Waals surface area contributed by atoms with Gasteiger partial charge in [0.05, 0.1) is 6.61 Å². The summed E-state index contributed by atoms with van der Waals surface area (Å²) in [6.45, 7) is 3.17. The average molecular weight is 501 g/mol. The number of aliphatic hydroxyl groups excluding tert-OH is 3. The molecule has 1 aliphatic rings. The molecule has 13 heteroatoms. The lowest BCUT2D eigenvalue weighted by molar-refractivity contribution is -0.297. The van der Waals surface area contributed by atoms with Gasteiger partial charge in [-0.1, -0.05) is 33.1 Å². The maximum absolute atomic E-state index is 12.1. The lowest BCUT2D eigenvalue weighted by Crippen LogP contribution is -2.60. The van der Waals surface area contributed by atoms with Gasteiger partial charge in [-0.15, -0.1) is 0 Å². The first kappa shape index (κ1) is 29.7. The molecule has 1 fully saturated rings. The maximum atomic E-state index is 12.1. The molecule has 0 amide bonds. The van der Waals surface area contributed by atoms with Crippen LogP contribution in [0.2, 0.25) is 0 Å². The van der Waals surface area contributed by atoms with Crippen molar-refractivity contribution in [1.82, 2.24) is 0 Å². The number of ether oxygens (including phenoxy) is 4. The van der Waals surface area contributed by atoms with Crippen LogP contribution < -0.4 is 0 Å². The first-order valence-corrected chi connectivity index (χ1v) is 12.7. The van der Waals surface area contributed by atoms with Crippen LogP contribution in [0.3, 0.4) is 0 Å². The van der Waals surface area contributed by atoms with Crippen LogP contribution in [-0.2, 0) is 38.7 Å². The highest BCUT2D eigenvalue weighted by Crippen LogP contribution is 2.23. The zero-order valence-corrected chi connectivity index (χ0v) is 19.8. The van der Waals surface area contributed by atoms with Gasteiger partial charge in [0.25, 0.3) is 10.1 Å². The zero-order chi connectivity index (χ0) is 25.0. The van der Waals surface area contributed by atoms with E-state index < -0.39 is 71.2 Å². The number of hydrogen-bond acceptors (Lipinski definition) is 11. The molecule has 0 spiro atoms. The number of rotatable bonds is 15. The van der Waals surface area contributed by atoms with Gasteiger partial charge in [-0.05, 0) is 12.8 Å². The van der Waals surface area contributed by atoms with E-state index in [1.807, 2.05) is 13.8 Å². The summed E-state index contributed by atoms with van der Waals surface area (Å²) >= 11 is 0. The summed E-state index contributed by atoms with van der Waals surface area (Å²) in [5.74, 6) is -2.06. The Hall–Kier alpha value is -1.35. The molecule has 0 saturated carbocycles. The van der Waals surface area contributed by atoms with E-state index in [1.165, 1.54) is 0 Å². The number of carbonyl (C=O) groups excluding carboxylic acids is 2. The third-order valence-electron chi connectivity index (χ3n) is 4.94. The van der Waals surface area contributed by atoms with Crippen LogP contribution in [0.5, 0.6) is 0 Å². The van der Waals surface area contributed by atoms with Gasteiger partial charge in [0, 0.05) is 12.8 Å². The summed E-state index contributed by atoms with van der Waals surface area (Å²) in [5, 5.41) is 30.0. The van der Waals surface area contributed by atoms with E-state index in [0.717, 1.165) is 19.3 Å². The van der Waals surface area contributed by atoms with Crippen molar-refractivity contribution in [2.24, 2.45) is 0 Å². The number of carbonyl (C=O) groups is 2. The fraction of sp³-hybridized carbons (Fsp3) is 0.900. The summed E-state index contributed by atoms with van der Waals surface area (Å²) in [5.41, 5.74) is 0. The van der Waals surface area contributed by atoms with Gasteiger partial charge in [-0.3, -0.25) is 14.1 Å². The van der Waals surface area contributed by atoms with Gasteiger partial charge >= 0.3 is 11.9 Å². The number of unbranched alkanes of at least 4 members (excludes halogenated alkanes) is 3. The highest BCUT2D eigenvalue weighted by Gasteiger charge is 2.45. The van der Waals surface area contributed by atoms with Crippen LogP contribution in [0.25, 0.3) is 0 Å². The smallest absolute Gasteiger partial charge is 0.306 e. The van der Waals surface area contributed by atoms with E-state index in [1.54, 1.807) is 0 Å². The van der Waals surface area contributed by atoms with Crippen LogP contribution in [-0.4, -0.2) is 96.0 Å². The molecule has 0 aromatic carbocycles. The van der Waals surface area contributed by atoms with Crippen LogP contribution in [0.1, 0.15) is 58.8 Å². The largest absolute Gasteiger partial charge is 0.462 e. The lowest BCUT2D eigenvalue weighted by Gasteiger charge is -2.40. The summed E-state index contributed by atoms with van der Waals surface area (Å²) in [6, 6.07) is 0. The Morgan fingerprint density at radius 1 is 0.909 bits per heavy atom. The van der Waals surface area contributed by atoms with Crippen molar-refractivity contribution in [2.75, 3.05) is 19.0 Å². The Bertz CT molecular complexity index is 697. The third-order valence-corrected chi connectivity index (χ3v) is 5.69. The topological polar surface area (TPSA) is 186 Å². The zero-order valence-electron chi connectivity index (χ0n) is 19.0. The maximum Gasteiger partial charge on any atom is 0.306 e. The minimum atomic E-state index is -4.57. The molecule has 1 heterocycles. The molecule has 6 atom stereocenters. The van der Waals surface area contributed by atoms with Crippen molar-refractivity contribution in [3.05, 3.63) is 0 Å². The standard InChI is InChI=1S/C20H36O12S/c1-3-5-7-9-16(22)31-13(10-29-15(21)8-6-4-2)11-30-20-19(25)18(24)17(23)14(32-20)12-33(26,27)28/h13-14,17-20,23-25H,3-12H2,1-2H3,(H,26,27,28)/t13-,14-,17-,18+,19-,20-/m1/s1. The summed E-state index contributed by atoms with van der Waals surface area (Å²) in [7, 11) is -4.57. The van der Waals surface area contributed by atoms with E-state index in [4.69, 9.17) is 23.5 Å². The molecule has 1 saturated heterocycles. The minimum absolute atomic E-state index is 0.151. The van der Waals surface area contributed by atoms with Crippen molar-refractivity contribution >= 4 is 22.1 Å². The second-order valence-corrected chi connectivity index (χ2v) is 9.45. The Labute approximate surface area is 193 Å². The van der Waals surface area contributed by atoms with E-state index in [-0.39, 0.29) is 19.4 Å². The van der Waals surface area contributed by atoms with Gasteiger partial charge in [0.1, 0.15) is 36.8 Å². The number of esters is 2. The van der Waals surface area contributed by atoms with Crippen LogP contribution in [0.15, 0.2) is 0 Å². The molecule has 0 unspecified atom stereocenters. The molecular weight excluding hydrogens is 464 g/mol. The van der Waals surface area contributed by atoms with E-state index in [9.17, 15) is 33.3 Å². The fourth-order valence-electron chi connectivity index (χ4n) is 3.06. The second-order valence-electron chi connectivity index (χ2n) is 7.95. The fourth-order valence-corrected chi connectivity index (χ4v) is 3.75. The Morgan fingerprint density at radius 2 is 1.55 bits per heavy atom. The second kappa shape index (κ2) is 14.8. The SMILES string of the molecule is CCCCCC(=O)O[C@H](COC(=O)CCCC)CO[C@@H]1O[C@H](CS(=O)(=O)O)[C@@H](O)[C@H](O)[C@H]1O. The molecule has 0 aromatic rings. The van der Waals surface area contributed by atoms with Gasteiger partial charge in [-0.2, -0.15) is 8.42 Å². The summed E-state index contributed by atoms with van der Waals surface area (Å²) < 4.78 is 52.3. The Kier molecular flexibility index (Phi) is 13.3. The molecule has 4 N–H and O–H groups in total. The van der Waals surface area contributed by atoms with E-state index in [0.29, 0.717) is 12.8 Å². The summed E-state index contributed by atoms with van der Waals surface area (Å²) in [4.78, 5) is 23.9. The van der Waals surface area contributed by atoms with E-state index in [2.05, 4.69) is 0 Å². The van der Waals surface area contributed by atoms with Crippen molar-refractivity contribution in [3.8, 4) is 0 Å². The number of hydrogen-bond donors (Lipinski definition) is 4. The quantitative estimate of drug-likeness (QED) is 0.133. The Balaban J connectivity index is 2.76. The normalized spacial score (nSPS) is 26.5. The predicted octanol–water partition coefficient (Wildman–Crippen LogP) is -0.0761. The van der Waals surface area contributed by atoms with Crippen LogP contribution in [0, 0.1) is 0 Å². The molecule has 1 rings (SSSR count). The molecule has 12 nitrogen and oxygen atoms in total. The van der Waals surface area contributed by atoms with Crippen molar-refractivity contribution in [1.29, 1.82) is 0 Å². The van der Waals surface area contributed by atoms with Crippen LogP contribution in [0.4, 0.5) is 0 Å². The van der Waals surface area contributed by atoms with Crippen molar-refractivity contribution in [3.63, 3.8) is 0 Å². The first-order valence-electron chi connectivity index (χ1n) is 11.1. The third kappa shape index (κ3) is 11.6. The highest BCUT2D eigenvalue weighted by molar-refractivity contribution is 7.85. The molecule has 194 valence electrons. The Morgan fingerprint density at radius 3 is 2.15 bits per heavy atom. The highest BCUT2D eigenvalue weighted by atomic mass is 32.2. The molecule has 0 aromatic heterocycles. The van der Waals surface area contributed by atoms with Crippen molar-refractivity contribution in [2.45, 2.75) is 95.6 Å². The minimum Gasteiger partial charge on any atom is -0.462 e. The summed E-state index contributed by atoms with van der Waals surface area (Å²) in [6.07, 6.45) is -5.48.